The van der Waals surface area contributed by atoms with Crippen LogP contribution in [0.3, 0.4) is 0 Å². The van der Waals surface area contributed by atoms with Crippen molar-refractivity contribution in [3.63, 3.8) is 0 Å². The number of nitrogens with one attached hydrogen (secondary N) is 1. The van der Waals surface area contributed by atoms with Crippen LogP contribution >= 0.6 is 0 Å². The summed E-state index contributed by atoms with van der Waals surface area (Å²) in [5.74, 6) is 0. The second kappa shape index (κ2) is 8.93. The number of rotatable bonds is 6. The van der Waals surface area contributed by atoms with Crippen molar-refractivity contribution in [2.45, 2.75) is 77.8 Å². The molecule has 1 unspecified atom stereocenters. The number of hydrogen-bond donors (Lipinski definition) is 1. The van der Waals surface area contributed by atoms with Gasteiger partial charge in [0, 0.05) is 12.1 Å². The molecule has 0 aromatic rings. The zero-order chi connectivity index (χ0) is 12.5. The van der Waals surface area contributed by atoms with Crippen LogP contribution in [0.15, 0.2) is 0 Å². The number of likely N-dealkylation sites (tertiary alicyclic amines) is 1. The summed E-state index contributed by atoms with van der Waals surface area (Å²) in [5.41, 5.74) is 0. The van der Waals surface area contributed by atoms with Crippen LogP contribution < -0.4 is 5.32 Å². The number of hydrogen-bond acceptors (Lipinski definition) is 2. The van der Waals surface area contributed by atoms with Gasteiger partial charge in [-0.15, -0.1) is 0 Å². The molecule has 1 aliphatic rings. The molecule has 17 heavy (non-hydrogen) atoms. The molecule has 0 spiro atoms. The van der Waals surface area contributed by atoms with Crippen LogP contribution in [-0.2, 0) is 0 Å². The first kappa shape index (κ1) is 15.0. The van der Waals surface area contributed by atoms with Gasteiger partial charge in [0.05, 0.1) is 0 Å². The zero-order valence-electron chi connectivity index (χ0n) is 12.2. The van der Waals surface area contributed by atoms with Crippen molar-refractivity contribution in [3.05, 3.63) is 0 Å². The Balaban J connectivity index is 2.13. The van der Waals surface area contributed by atoms with Crippen LogP contribution in [0, 0.1) is 0 Å². The van der Waals surface area contributed by atoms with E-state index in [0.717, 1.165) is 6.04 Å². The highest BCUT2D eigenvalue weighted by atomic mass is 15.1. The smallest absolute Gasteiger partial charge is 0.00674 e. The quantitative estimate of drug-likeness (QED) is 0.716. The van der Waals surface area contributed by atoms with Gasteiger partial charge in [-0.1, -0.05) is 33.1 Å². The van der Waals surface area contributed by atoms with E-state index in [1.54, 1.807) is 0 Å². The second-order valence-electron chi connectivity index (χ2n) is 5.90. The number of nitrogens with zero attached hydrogens (tertiary/aromatic N) is 1. The molecule has 0 bridgehead atoms. The van der Waals surface area contributed by atoms with Crippen LogP contribution in [0.5, 0.6) is 0 Å². The molecule has 1 aliphatic heterocycles. The largest absolute Gasteiger partial charge is 0.315 e. The summed E-state index contributed by atoms with van der Waals surface area (Å²) in [4.78, 5) is 2.72. The Bertz CT molecular complexity index is 172. The van der Waals surface area contributed by atoms with Crippen molar-refractivity contribution in [3.8, 4) is 0 Å². The molecule has 0 saturated carbocycles. The van der Waals surface area contributed by atoms with Crippen molar-refractivity contribution in [2.75, 3.05) is 19.6 Å². The van der Waals surface area contributed by atoms with Gasteiger partial charge < -0.3 is 10.2 Å². The first-order valence-corrected chi connectivity index (χ1v) is 7.67. The van der Waals surface area contributed by atoms with Crippen LogP contribution in [-0.4, -0.2) is 36.6 Å². The van der Waals surface area contributed by atoms with Gasteiger partial charge in [-0.25, -0.2) is 0 Å². The summed E-state index contributed by atoms with van der Waals surface area (Å²) in [5, 5.41) is 3.51. The summed E-state index contributed by atoms with van der Waals surface area (Å²) >= 11 is 0. The maximum atomic E-state index is 3.51. The van der Waals surface area contributed by atoms with Gasteiger partial charge in [-0.05, 0) is 52.2 Å². The van der Waals surface area contributed by atoms with Crippen molar-refractivity contribution in [1.29, 1.82) is 0 Å². The van der Waals surface area contributed by atoms with Crippen LogP contribution in [0.4, 0.5) is 0 Å². The van der Waals surface area contributed by atoms with Gasteiger partial charge in [0.2, 0.25) is 0 Å². The molecule has 0 amide bonds. The molecule has 1 rings (SSSR count). The van der Waals surface area contributed by atoms with Crippen molar-refractivity contribution < 1.29 is 0 Å². The fourth-order valence-corrected chi connectivity index (χ4v) is 2.68. The lowest BCUT2D eigenvalue weighted by atomic mass is 10.1. The van der Waals surface area contributed by atoms with Gasteiger partial charge in [-0.2, -0.15) is 0 Å². The van der Waals surface area contributed by atoms with E-state index in [0.29, 0.717) is 6.04 Å². The highest BCUT2D eigenvalue weighted by molar-refractivity contribution is 4.70. The molecule has 0 aliphatic carbocycles. The lowest BCUT2D eigenvalue weighted by molar-refractivity contribution is 0.180. The molecule has 1 N–H and O–H groups in total. The van der Waals surface area contributed by atoms with E-state index in [9.17, 15) is 0 Å². The Labute approximate surface area is 108 Å². The van der Waals surface area contributed by atoms with E-state index < -0.39 is 0 Å². The van der Waals surface area contributed by atoms with Gasteiger partial charge >= 0.3 is 0 Å². The topological polar surface area (TPSA) is 15.3 Å². The predicted molar refractivity (Wildman–Crippen MR) is 76.5 cm³/mol. The maximum Gasteiger partial charge on any atom is 0.00674 e. The van der Waals surface area contributed by atoms with E-state index in [1.807, 2.05) is 0 Å². The molecule has 1 atom stereocenters. The molecule has 0 aromatic carbocycles. The molecule has 1 heterocycles. The van der Waals surface area contributed by atoms with E-state index in [2.05, 4.69) is 31.0 Å². The normalized spacial score (nSPS) is 21.2. The van der Waals surface area contributed by atoms with E-state index in [-0.39, 0.29) is 0 Å². The highest BCUT2D eigenvalue weighted by Crippen LogP contribution is 2.15. The average Bonchev–Trinajstić information content (AvgIpc) is 2.23. The summed E-state index contributed by atoms with van der Waals surface area (Å²) in [6.45, 7) is 10.7. The lowest BCUT2D eigenvalue weighted by Crippen LogP contribution is -2.36. The fraction of sp³-hybridized carbons (Fsp3) is 1.00. The minimum Gasteiger partial charge on any atom is -0.315 e. The third-order valence-electron chi connectivity index (χ3n) is 3.87. The third-order valence-corrected chi connectivity index (χ3v) is 3.87. The zero-order valence-corrected chi connectivity index (χ0v) is 12.2. The van der Waals surface area contributed by atoms with Gasteiger partial charge in [0.1, 0.15) is 0 Å². The Morgan fingerprint density at radius 3 is 2.12 bits per heavy atom. The van der Waals surface area contributed by atoms with E-state index in [1.165, 1.54) is 64.6 Å². The predicted octanol–water partition coefficient (Wildman–Crippen LogP) is 3.42. The maximum absolute atomic E-state index is 3.51. The highest BCUT2D eigenvalue weighted by Gasteiger charge is 2.14. The minimum atomic E-state index is 0.631. The fourth-order valence-electron chi connectivity index (χ4n) is 2.68. The standard InChI is InChI=1S/C15H32N2/c1-14(2)16-11-9-10-15(3)17-12-7-5-4-6-8-13-17/h14-16H,4-13H2,1-3H3. The second-order valence-corrected chi connectivity index (χ2v) is 5.90. The summed E-state index contributed by atoms with van der Waals surface area (Å²) in [6, 6.07) is 1.41. The Hall–Kier alpha value is -0.0800. The Morgan fingerprint density at radius 2 is 1.53 bits per heavy atom. The molecule has 1 fully saturated rings. The first-order valence-electron chi connectivity index (χ1n) is 7.67. The monoisotopic (exact) mass is 240 g/mol. The van der Waals surface area contributed by atoms with Crippen molar-refractivity contribution >= 4 is 0 Å². The van der Waals surface area contributed by atoms with Crippen LogP contribution in [0.1, 0.15) is 65.7 Å². The molecule has 0 radical (unpaired) electrons. The lowest BCUT2D eigenvalue weighted by Gasteiger charge is -2.30. The molecule has 2 nitrogen and oxygen atoms in total. The Kier molecular flexibility index (Phi) is 7.87. The van der Waals surface area contributed by atoms with Crippen LogP contribution in [0.25, 0.3) is 0 Å². The van der Waals surface area contributed by atoms with Gasteiger partial charge in [0.15, 0.2) is 0 Å². The summed E-state index contributed by atoms with van der Waals surface area (Å²) < 4.78 is 0. The molecule has 2 heteroatoms. The van der Waals surface area contributed by atoms with Crippen molar-refractivity contribution in [2.24, 2.45) is 0 Å². The summed E-state index contributed by atoms with van der Waals surface area (Å²) in [7, 11) is 0. The molecule has 102 valence electrons. The Morgan fingerprint density at radius 1 is 0.941 bits per heavy atom. The van der Waals surface area contributed by atoms with Crippen LogP contribution in [0.2, 0.25) is 0 Å². The minimum absolute atomic E-state index is 0.631. The molecular weight excluding hydrogens is 208 g/mol. The molecule has 0 aromatic heterocycles. The third kappa shape index (κ3) is 7.05. The van der Waals surface area contributed by atoms with Gasteiger partial charge in [0.25, 0.3) is 0 Å². The van der Waals surface area contributed by atoms with Crippen molar-refractivity contribution in [1.82, 2.24) is 10.2 Å². The van der Waals surface area contributed by atoms with Gasteiger partial charge in [-0.3, -0.25) is 0 Å². The molecule has 1 saturated heterocycles. The van der Waals surface area contributed by atoms with E-state index >= 15 is 0 Å². The average molecular weight is 240 g/mol. The first-order chi connectivity index (χ1) is 8.20. The van der Waals surface area contributed by atoms with E-state index in [4.69, 9.17) is 0 Å². The SMILES string of the molecule is CC(C)NCCCC(C)N1CCCCCCC1. The molecular formula is C15H32N2. The summed E-state index contributed by atoms with van der Waals surface area (Å²) in [6.07, 6.45) is 9.83.